The first kappa shape index (κ1) is 25.1. The zero-order valence-electron chi connectivity index (χ0n) is 21.4. The fourth-order valence-corrected chi connectivity index (χ4v) is 4.19. The molecule has 1 aliphatic rings. The number of methoxy groups -OCH3 is 1. The lowest BCUT2D eigenvalue weighted by Gasteiger charge is -2.36. The topological polar surface area (TPSA) is 73.9 Å². The van der Waals surface area contributed by atoms with Gasteiger partial charge in [0.2, 0.25) is 0 Å². The summed E-state index contributed by atoms with van der Waals surface area (Å²) in [5.74, 6) is 0.814. The van der Waals surface area contributed by atoms with E-state index >= 15 is 0 Å². The third-order valence-electron chi connectivity index (χ3n) is 6.40. The quantitative estimate of drug-likeness (QED) is 0.492. The van der Waals surface area contributed by atoms with Crippen molar-refractivity contribution in [2.24, 2.45) is 0 Å². The lowest BCUT2D eigenvalue weighted by atomic mass is 9.86. The third-order valence-corrected chi connectivity index (χ3v) is 6.40. The Hall–Kier alpha value is -4.00. The number of piperazine rings is 1. The SMILES string of the molecule is COc1ccc(NC(=O)Nc2ccc(N3CCN(C(=O)c4ccc(C(C)(C)C)cc4)CC3)cc2)cc1. The molecule has 0 spiro atoms. The van der Waals surface area contributed by atoms with E-state index in [2.05, 4.69) is 48.4 Å². The Morgan fingerprint density at radius 3 is 1.78 bits per heavy atom. The Bertz CT molecular complexity index is 1180. The number of nitrogens with zero attached hydrogens (tertiary/aromatic N) is 2. The number of hydrogen-bond acceptors (Lipinski definition) is 4. The molecule has 3 aromatic rings. The summed E-state index contributed by atoms with van der Waals surface area (Å²) >= 11 is 0. The van der Waals surface area contributed by atoms with Crippen molar-refractivity contribution >= 4 is 29.0 Å². The number of nitrogens with one attached hydrogen (secondary N) is 2. The first-order valence-corrected chi connectivity index (χ1v) is 12.2. The summed E-state index contributed by atoms with van der Waals surface area (Å²) in [6.45, 7) is 9.37. The molecule has 1 fully saturated rings. The van der Waals surface area contributed by atoms with Gasteiger partial charge >= 0.3 is 6.03 Å². The number of amides is 3. The van der Waals surface area contributed by atoms with Crippen molar-refractivity contribution in [1.29, 1.82) is 0 Å². The van der Waals surface area contributed by atoms with Crippen molar-refractivity contribution in [1.82, 2.24) is 4.90 Å². The van der Waals surface area contributed by atoms with Gasteiger partial charge in [0.05, 0.1) is 7.11 Å². The second kappa shape index (κ2) is 10.7. The van der Waals surface area contributed by atoms with Crippen molar-refractivity contribution in [2.45, 2.75) is 26.2 Å². The predicted octanol–water partition coefficient (Wildman–Crippen LogP) is 5.60. The molecule has 7 nitrogen and oxygen atoms in total. The molecular formula is C29H34N4O3. The molecule has 0 aromatic heterocycles. The summed E-state index contributed by atoms with van der Waals surface area (Å²) in [6, 6.07) is 22.6. The minimum Gasteiger partial charge on any atom is -0.497 e. The second-order valence-electron chi connectivity index (χ2n) is 9.96. The van der Waals surface area contributed by atoms with Gasteiger partial charge < -0.3 is 25.2 Å². The maximum Gasteiger partial charge on any atom is 0.323 e. The van der Waals surface area contributed by atoms with E-state index in [-0.39, 0.29) is 17.4 Å². The smallest absolute Gasteiger partial charge is 0.323 e. The standard InChI is InChI=1S/C29H34N4O3/c1-29(2,3)22-7-5-21(6-8-22)27(34)33-19-17-32(18-20-33)25-13-9-23(10-14-25)30-28(35)31-24-11-15-26(36-4)16-12-24/h5-16H,17-20H2,1-4H3,(H2,30,31,35). The molecule has 1 saturated heterocycles. The van der Waals surface area contributed by atoms with Gasteiger partial charge in [0.25, 0.3) is 5.91 Å². The minimum atomic E-state index is -0.310. The van der Waals surface area contributed by atoms with Gasteiger partial charge in [-0.05, 0) is 71.6 Å². The Balaban J connectivity index is 1.28. The maximum atomic E-state index is 13.0. The number of urea groups is 1. The minimum absolute atomic E-state index is 0.0681. The van der Waals surface area contributed by atoms with Crippen LogP contribution in [0.2, 0.25) is 0 Å². The number of hydrogen-bond donors (Lipinski definition) is 2. The van der Waals surface area contributed by atoms with E-state index in [9.17, 15) is 9.59 Å². The molecule has 0 atom stereocenters. The second-order valence-corrected chi connectivity index (χ2v) is 9.96. The van der Waals surface area contributed by atoms with E-state index in [1.54, 1.807) is 31.4 Å². The zero-order valence-corrected chi connectivity index (χ0v) is 21.4. The highest BCUT2D eigenvalue weighted by atomic mass is 16.5. The van der Waals surface area contributed by atoms with Gasteiger partial charge in [-0.1, -0.05) is 32.9 Å². The number of benzene rings is 3. The van der Waals surface area contributed by atoms with E-state index < -0.39 is 0 Å². The molecule has 4 rings (SSSR count). The van der Waals surface area contributed by atoms with Crippen molar-refractivity contribution < 1.29 is 14.3 Å². The van der Waals surface area contributed by atoms with Crippen LogP contribution in [0.5, 0.6) is 5.75 Å². The molecule has 0 aliphatic carbocycles. The van der Waals surface area contributed by atoms with E-state index in [0.717, 1.165) is 30.1 Å². The van der Waals surface area contributed by atoms with Crippen LogP contribution in [0.1, 0.15) is 36.7 Å². The molecule has 188 valence electrons. The summed E-state index contributed by atoms with van der Waals surface area (Å²) in [5.41, 5.74) is 4.48. The highest BCUT2D eigenvalue weighted by Gasteiger charge is 2.23. The van der Waals surface area contributed by atoms with Gasteiger partial charge in [-0.3, -0.25) is 4.79 Å². The van der Waals surface area contributed by atoms with Crippen LogP contribution in [0.15, 0.2) is 72.8 Å². The number of carbonyl (C=O) groups is 2. The molecule has 36 heavy (non-hydrogen) atoms. The number of ether oxygens (including phenoxy) is 1. The van der Waals surface area contributed by atoms with Crippen LogP contribution in [0, 0.1) is 0 Å². The van der Waals surface area contributed by atoms with E-state index in [1.807, 2.05) is 41.3 Å². The number of carbonyl (C=O) groups excluding carboxylic acids is 2. The molecule has 1 aliphatic heterocycles. The predicted molar refractivity (Wildman–Crippen MR) is 145 cm³/mol. The molecule has 7 heteroatoms. The van der Waals surface area contributed by atoms with Gasteiger partial charge in [-0.25, -0.2) is 4.79 Å². The van der Waals surface area contributed by atoms with Gasteiger partial charge in [0.1, 0.15) is 5.75 Å². The summed E-state index contributed by atoms with van der Waals surface area (Å²) in [7, 11) is 1.60. The van der Waals surface area contributed by atoms with Crippen LogP contribution in [-0.4, -0.2) is 50.1 Å². The van der Waals surface area contributed by atoms with Crippen molar-refractivity contribution in [2.75, 3.05) is 48.8 Å². The van der Waals surface area contributed by atoms with Crippen molar-refractivity contribution in [3.63, 3.8) is 0 Å². The molecule has 0 unspecified atom stereocenters. The Kier molecular flexibility index (Phi) is 7.48. The lowest BCUT2D eigenvalue weighted by Crippen LogP contribution is -2.48. The molecule has 3 aromatic carbocycles. The van der Waals surface area contributed by atoms with Crippen LogP contribution in [0.4, 0.5) is 21.9 Å². The van der Waals surface area contributed by atoms with Gasteiger partial charge in [0.15, 0.2) is 0 Å². The normalized spacial score (nSPS) is 13.8. The first-order valence-electron chi connectivity index (χ1n) is 12.2. The summed E-state index contributed by atoms with van der Waals surface area (Å²) in [4.78, 5) is 29.5. The number of rotatable bonds is 5. The van der Waals surface area contributed by atoms with Crippen molar-refractivity contribution in [3.05, 3.63) is 83.9 Å². The highest BCUT2D eigenvalue weighted by Crippen LogP contribution is 2.24. The third kappa shape index (κ3) is 6.16. The Morgan fingerprint density at radius 2 is 1.28 bits per heavy atom. The molecule has 0 saturated carbocycles. The molecule has 0 radical (unpaired) electrons. The van der Waals surface area contributed by atoms with E-state index in [4.69, 9.17) is 4.74 Å². The lowest BCUT2D eigenvalue weighted by molar-refractivity contribution is 0.0746. The van der Waals surface area contributed by atoms with Gasteiger partial charge in [-0.2, -0.15) is 0 Å². The molecule has 0 bridgehead atoms. The van der Waals surface area contributed by atoms with E-state index in [1.165, 1.54) is 5.56 Å². The average Bonchev–Trinajstić information content (AvgIpc) is 2.89. The van der Waals surface area contributed by atoms with Gasteiger partial charge in [-0.15, -0.1) is 0 Å². The number of anilines is 3. The summed E-state index contributed by atoms with van der Waals surface area (Å²) in [5, 5.41) is 5.66. The molecular weight excluding hydrogens is 452 g/mol. The molecule has 1 heterocycles. The first-order chi connectivity index (χ1) is 17.2. The largest absolute Gasteiger partial charge is 0.497 e. The molecule has 2 N–H and O–H groups in total. The van der Waals surface area contributed by atoms with Crippen LogP contribution < -0.4 is 20.3 Å². The summed E-state index contributed by atoms with van der Waals surface area (Å²) in [6.07, 6.45) is 0. The van der Waals surface area contributed by atoms with Gasteiger partial charge in [0, 0.05) is 48.8 Å². The maximum absolute atomic E-state index is 13.0. The van der Waals surface area contributed by atoms with Crippen molar-refractivity contribution in [3.8, 4) is 5.75 Å². The Morgan fingerprint density at radius 1 is 0.750 bits per heavy atom. The molecule has 3 amide bonds. The van der Waals surface area contributed by atoms with Crippen LogP contribution >= 0.6 is 0 Å². The zero-order chi connectivity index (χ0) is 25.7. The average molecular weight is 487 g/mol. The van der Waals surface area contributed by atoms with Crippen LogP contribution in [-0.2, 0) is 5.41 Å². The fraction of sp³-hybridized carbons (Fsp3) is 0.310. The van der Waals surface area contributed by atoms with Crippen LogP contribution in [0.3, 0.4) is 0 Å². The van der Waals surface area contributed by atoms with E-state index in [0.29, 0.717) is 24.5 Å². The Labute approximate surface area is 213 Å². The summed E-state index contributed by atoms with van der Waals surface area (Å²) < 4.78 is 5.13. The van der Waals surface area contributed by atoms with Crippen LogP contribution in [0.25, 0.3) is 0 Å². The highest BCUT2D eigenvalue weighted by molar-refractivity contribution is 5.99. The fourth-order valence-electron chi connectivity index (χ4n) is 4.19. The monoisotopic (exact) mass is 486 g/mol.